The van der Waals surface area contributed by atoms with E-state index in [2.05, 4.69) is 476 Å². The molecule has 26 aromatic rings. The van der Waals surface area contributed by atoms with Gasteiger partial charge in [-0.1, -0.05) is 394 Å². The Balaban J connectivity index is 0.000000115. The van der Waals surface area contributed by atoms with Crippen molar-refractivity contribution >= 4 is 97.6 Å². The third kappa shape index (κ3) is 16.4. The highest BCUT2D eigenvalue weighted by Crippen LogP contribution is 2.49. The molecule has 8 aromatic heterocycles. The van der Waals surface area contributed by atoms with Crippen molar-refractivity contribution in [3.8, 4) is 123 Å². The summed E-state index contributed by atoms with van der Waals surface area (Å²) in [5.41, 5.74) is 32.2. The van der Waals surface area contributed by atoms with Gasteiger partial charge in [-0.15, -0.1) is 0 Å². The number of fused-ring (bicyclic) bond motifs is 11. The zero-order valence-corrected chi connectivity index (χ0v) is 77.3. The van der Waals surface area contributed by atoms with Crippen molar-refractivity contribution in [2.45, 2.75) is 19.3 Å². The number of hydrogen-bond acceptors (Lipinski definition) is 10. The molecule has 18 aromatic carbocycles. The summed E-state index contributed by atoms with van der Waals surface area (Å²) >= 11 is 0. The van der Waals surface area contributed by atoms with Gasteiger partial charge >= 0.3 is 0 Å². The fourth-order valence-corrected chi connectivity index (χ4v) is 20.3. The van der Waals surface area contributed by atoms with E-state index in [1.807, 2.05) is 61.6 Å². The molecule has 8 heterocycles. The molecule has 10 nitrogen and oxygen atoms in total. The fraction of sp³-hybridized carbons (Fsp3) is 0.0229. The van der Waals surface area contributed by atoms with Gasteiger partial charge in [0.05, 0.1) is 44.4 Å². The monoisotopic (exact) mass is 1800 g/mol. The van der Waals surface area contributed by atoms with Crippen LogP contribution >= 0.6 is 0 Å². The van der Waals surface area contributed by atoms with Crippen LogP contribution in [0.25, 0.3) is 221 Å². The molecule has 0 N–H and O–H groups in total. The molecule has 0 atom stereocenters. The summed E-state index contributed by atoms with van der Waals surface area (Å²) in [6.07, 6.45) is 13.1. The molecule has 0 amide bonds. The molecule has 141 heavy (non-hydrogen) atoms. The summed E-state index contributed by atoms with van der Waals surface area (Å²) in [7, 11) is 0. The summed E-state index contributed by atoms with van der Waals surface area (Å²) in [5.74, 6) is 1.94. The molecule has 0 unspecified atom stereocenters. The van der Waals surface area contributed by atoms with E-state index in [1.165, 1.54) is 110 Å². The van der Waals surface area contributed by atoms with Crippen LogP contribution in [0, 0.1) is 13.8 Å². The normalized spacial score (nSPS) is 11.5. The molecule has 0 spiro atoms. The topological polar surface area (TPSA) is 129 Å². The van der Waals surface area contributed by atoms with Gasteiger partial charge in [0, 0.05) is 115 Å². The predicted octanol–water partition coefficient (Wildman–Crippen LogP) is 32.7. The number of para-hydroxylation sites is 1. The van der Waals surface area contributed by atoms with Crippen LogP contribution < -0.4 is 0 Å². The number of benzene rings is 18. The first-order valence-corrected chi connectivity index (χ1v) is 47.6. The molecule has 0 aliphatic carbocycles. The average Bonchev–Trinajstić information content (AvgIpc) is 0.729. The van der Waals surface area contributed by atoms with Crippen LogP contribution in [0.4, 0.5) is 0 Å². The Morgan fingerprint density at radius 2 is 0.511 bits per heavy atom. The lowest BCUT2D eigenvalue weighted by atomic mass is 9.65. The third-order valence-electron chi connectivity index (χ3n) is 27.4. The van der Waals surface area contributed by atoms with Crippen LogP contribution in [-0.2, 0) is 5.41 Å². The van der Waals surface area contributed by atoms with Gasteiger partial charge in [0.2, 0.25) is 0 Å². The lowest BCUT2D eigenvalue weighted by Crippen LogP contribution is -2.31. The summed E-state index contributed by atoms with van der Waals surface area (Å²) < 4.78 is 0. The molecule has 0 radical (unpaired) electrons. The van der Waals surface area contributed by atoms with E-state index in [0.717, 1.165) is 127 Å². The Kier molecular flexibility index (Phi) is 22.5. The Bertz CT molecular complexity index is 8920. The van der Waals surface area contributed by atoms with Crippen molar-refractivity contribution in [3.63, 3.8) is 0 Å². The highest BCUT2D eigenvalue weighted by atomic mass is 15.0. The van der Waals surface area contributed by atoms with Crippen LogP contribution in [0.5, 0.6) is 0 Å². The Labute approximate surface area is 816 Å². The van der Waals surface area contributed by atoms with E-state index in [0.29, 0.717) is 17.5 Å². The van der Waals surface area contributed by atoms with Crippen LogP contribution in [0.1, 0.15) is 33.4 Å². The van der Waals surface area contributed by atoms with Gasteiger partial charge in [-0.2, -0.15) is 0 Å². The van der Waals surface area contributed by atoms with E-state index < -0.39 is 5.41 Å². The van der Waals surface area contributed by atoms with Gasteiger partial charge in [-0.3, -0.25) is 24.9 Å². The van der Waals surface area contributed by atoms with E-state index >= 15 is 0 Å². The SMILES string of the molecule is Cc1ccncc1-c1ccc(-c2c3ccccc3c(-c3ccc(-c4cnccc4C)cc3)c3cc(-c4ccccc4)ccc23)cc1.c1ccc(C(c2ccccc2)(c2ccc(-c3ccc4ccc5cccnc5c4n3)cc2)c2ccc(-c3ccc4ccc5cccnc5c4n3)cc2)cc1.c1ccc2cc(-c3nc(-c4ccc(-c5cccc6cccnc56)cc4)nc(-c4ccc5ccccc5c4)n3)ccc2c1. The zero-order valence-electron chi connectivity index (χ0n) is 77.3. The third-order valence-corrected chi connectivity index (χ3v) is 27.4. The molecule has 662 valence electrons. The smallest absolute Gasteiger partial charge is 0.164 e. The van der Waals surface area contributed by atoms with Crippen molar-refractivity contribution in [3.05, 3.63) is 532 Å². The first-order chi connectivity index (χ1) is 69.7. The van der Waals surface area contributed by atoms with Gasteiger partial charge in [-0.25, -0.2) is 24.9 Å². The Morgan fingerprint density at radius 1 is 0.177 bits per heavy atom. The number of aryl methyl sites for hydroxylation is 2. The molecule has 0 saturated carbocycles. The Morgan fingerprint density at radius 3 is 0.986 bits per heavy atom. The minimum absolute atomic E-state index is 0.590. The first kappa shape index (κ1) is 85.3. The lowest BCUT2D eigenvalue weighted by Gasteiger charge is -2.37. The second-order valence-corrected chi connectivity index (χ2v) is 35.8. The van der Waals surface area contributed by atoms with Gasteiger partial charge < -0.3 is 0 Å². The second kappa shape index (κ2) is 37.2. The van der Waals surface area contributed by atoms with Crippen LogP contribution in [0.3, 0.4) is 0 Å². The van der Waals surface area contributed by atoms with Gasteiger partial charge in [-0.05, 0) is 201 Å². The first-order valence-electron chi connectivity index (χ1n) is 47.6. The van der Waals surface area contributed by atoms with Crippen molar-refractivity contribution in [2.75, 3.05) is 0 Å². The van der Waals surface area contributed by atoms with Crippen molar-refractivity contribution < 1.29 is 0 Å². The molecule has 0 bridgehead atoms. The number of aromatic nitrogens is 10. The lowest BCUT2D eigenvalue weighted by molar-refractivity contribution is 0.745. The summed E-state index contributed by atoms with van der Waals surface area (Å²) in [5, 5.41) is 15.1. The molecule has 10 heteroatoms. The van der Waals surface area contributed by atoms with Crippen molar-refractivity contribution in [1.29, 1.82) is 0 Å². The van der Waals surface area contributed by atoms with E-state index in [4.69, 9.17) is 24.9 Å². The highest BCUT2D eigenvalue weighted by Gasteiger charge is 2.39. The number of hydrogen-bond donors (Lipinski definition) is 0. The van der Waals surface area contributed by atoms with E-state index in [1.54, 1.807) is 0 Å². The minimum atomic E-state index is -0.590. The maximum absolute atomic E-state index is 5.14. The summed E-state index contributed by atoms with van der Waals surface area (Å²) in [4.78, 5) is 48.0. The maximum atomic E-state index is 5.14. The van der Waals surface area contributed by atoms with Gasteiger partial charge in [0.15, 0.2) is 17.5 Å². The summed E-state index contributed by atoms with van der Waals surface area (Å²) in [6, 6.07) is 161. The molecule has 0 aliphatic rings. The van der Waals surface area contributed by atoms with Gasteiger partial charge in [0.1, 0.15) is 0 Å². The molecule has 0 aliphatic heterocycles. The molecular formula is C131H88N10. The molecular weight excluding hydrogens is 1710 g/mol. The van der Waals surface area contributed by atoms with Crippen LogP contribution in [0.2, 0.25) is 0 Å². The molecule has 0 fully saturated rings. The number of nitrogens with zero attached hydrogens (tertiary/aromatic N) is 10. The fourth-order valence-electron chi connectivity index (χ4n) is 20.3. The largest absolute Gasteiger partial charge is 0.264 e. The number of pyridine rings is 7. The van der Waals surface area contributed by atoms with E-state index in [9.17, 15) is 0 Å². The molecule has 26 rings (SSSR count). The second-order valence-electron chi connectivity index (χ2n) is 35.8. The van der Waals surface area contributed by atoms with Crippen LogP contribution in [0.15, 0.2) is 498 Å². The van der Waals surface area contributed by atoms with E-state index in [-0.39, 0.29) is 0 Å². The van der Waals surface area contributed by atoms with Crippen LogP contribution in [-0.4, -0.2) is 49.8 Å². The highest BCUT2D eigenvalue weighted by molar-refractivity contribution is 6.22. The standard InChI is InChI=1S/C49H32N4.C44H32N2.C38H24N4/c1-3-11-39(12-4-1)49(40-13-5-2-6-14-40,41-25-19-33(20-26-41)43-29-23-37-17-15-35-9-7-31-50-45(35)47(37)52-43)42-27-21-34(22-28-42)44-30-24-38-18-16-36-10-8-32-51-46(36)48(38)53-44;1-29-22-24-45-27-41(29)32-12-16-34(17-13-32)43-37-10-6-7-11-38(37)44(35-18-14-33(15-19-35)42-28-46-25-23-30(42)2)40-26-36(20-21-39(40)43)31-8-4-3-5-9-31;1-3-9-30-23-32(20-14-25(30)7-1)37-40-36(41-38(42-37)33-21-15-26-8-2-4-10-31(26)24-33)29-18-16-27(17-19-29)34-13-5-11-28-12-6-22-39-35(28)34/h1-32H;3-28H,1-2H3;1-24H. The van der Waals surface area contributed by atoms with Gasteiger partial charge in [0.25, 0.3) is 0 Å². The minimum Gasteiger partial charge on any atom is -0.264 e. The number of rotatable bonds is 15. The molecule has 0 saturated heterocycles. The Hall–Kier alpha value is -18.6. The predicted molar refractivity (Wildman–Crippen MR) is 582 cm³/mol. The van der Waals surface area contributed by atoms with Crippen molar-refractivity contribution in [2.24, 2.45) is 0 Å². The summed E-state index contributed by atoms with van der Waals surface area (Å²) in [6.45, 7) is 4.28. The van der Waals surface area contributed by atoms with Crippen molar-refractivity contribution in [1.82, 2.24) is 49.8 Å². The zero-order chi connectivity index (χ0) is 94.1. The average molecular weight is 1800 g/mol. The maximum Gasteiger partial charge on any atom is 0.164 e. The quantitative estimate of drug-likeness (QED) is 0.0556.